The lowest BCUT2D eigenvalue weighted by Gasteiger charge is -2.13. The van der Waals surface area contributed by atoms with Gasteiger partial charge in [-0.25, -0.2) is 0 Å². The summed E-state index contributed by atoms with van der Waals surface area (Å²) >= 11 is 5.65. The molecule has 0 amide bonds. The summed E-state index contributed by atoms with van der Waals surface area (Å²) in [6.07, 6.45) is 1.50. The van der Waals surface area contributed by atoms with E-state index in [2.05, 4.69) is 11.9 Å². The van der Waals surface area contributed by atoms with Gasteiger partial charge in [-0.15, -0.1) is 6.58 Å². The van der Waals surface area contributed by atoms with Gasteiger partial charge in [-0.3, -0.25) is 20.2 Å². The van der Waals surface area contributed by atoms with Crippen LogP contribution in [0.3, 0.4) is 0 Å². The van der Waals surface area contributed by atoms with E-state index in [9.17, 15) is 14.9 Å². The Balaban J connectivity index is 3.12. The maximum absolute atomic E-state index is 11.1. The normalized spacial score (nSPS) is 11.8. The van der Waals surface area contributed by atoms with E-state index in [1.54, 1.807) is 0 Å². The average Bonchev–Trinajstić information content (AvgIpc) is 2.30. The second-order valence-corrected chi connectivity index (χ2v) is 3.84. The highest BCUT2D eigenvalue weighted by molar-refractivity contribution is 6.32. The molecule has 1 atom stereocenters. The van der Waals surface area contributed by atoms with Crippen molar-refractivity contribution in [2.45, 2.75) is 6.04 Å². The summed E-state index contributed by atoms with van der Waals surface area (Å²) in [6.45, 7) is 3.73. The maximum atomic E-state index is 11.1. The molecule has 0 aromatic heterocycles. The first-order chi connectivity index (χ1) is 8.47. The van der Waals surface area contributed by atoms with E-state index < -0.39 is 16.9 Å². The first-order valence-electron chi connectivity index (χ1n) is 4.98. The minimum atomic E-state index is -1.13. The number of hydrogen-bond donors (Lipinski definition) is 2. The van der Waals surface area contributed by atoms with Gasteiger partial charge >= 0.3 is 5.97 Å². The van der Waals surface area contributed by atoms with Crippen molar-refractivity contribution in [1.82, 2.24) is 5.32 Å². The zero-order valence-corrected chi connectivity index (χ0v) is 10.1. The van der Waals surface area contributed by atoms with Crippen molar-refractivity contribution in [2.75, 3.05) is 6.54 Å². The van der Waals surface area contributed by atoms with Crippen molar-refractivity contribution in [3.63, 3.8) is 0 Å². The second kappa shape index (κ2) is 6.13. The van der Waals surface area contributed by atoms with Gasteiger partial charge in [-0.2, -0.15) is 0 Å². The molecule has 1 aromatic carbocycles. The third-order valence-corrected chi connectivity index (χ3v) is 2.53. The molecule has 2 N–H and O–H groups in total. The lowest BCUT2D eigenvalue weighted by Crippen LogP contribution is -2.28. The number of hydrogen-bond acceptors (Lipinski definition) is 4. The van der Waals surface area contributed by atoms with E-state index >= 15 is 0 Å². The average molecular weight is 271 g/mol. The van der Waals surface area contributed by atoms with Gasteiger partial charge in [0.05, 0.1) is 4.92 Å². The predicted octanol–water partition coefficient (Wildman–Crippen LogP) is 2.15. The third kappa shape index (κ3) is 3.28. The molecule has 96 valence electrons. The molecule has 6 nitrogen and oxygen atoms in total. The number of halogens is 1. The van der Waals surface area contributed by atoms with Gasteiger partial charge in [0.15, 0.2) is 0 Å². The van der Waals surface area contributed by atoms with Crippen LogP contribution in [-0.2, 0) is 4.79 Å². The standard InChI is InChI=1S/C11H11ClN2O4/c1-2-5-13-10(11(15)16)7-3-4-8(12)9(6-7)14(17)18/h2-4,6,10,13H,1,5H2,(H,15,16). The predicted molar refractivity (Wildman–Crippen MR) is 66.7 cm³/mol. The van der Waals surface area contributed by atoms with Gasteiger partial charge < -0.3 is 5.11 Å². The van der Waals surface area contributed by atoms with Crippen LogP contribution in [0.4, 0.5) is 5.69 Å². The molecule has 0 fully saturated rings. The van der Waals surface area contributed by atoms with E-state index in [1.165, 1.54) is 18.2 Å². The van der Waals surface area contributed by atoms with Crippen LogP contribution < -0.4 is 5.32 Å². The number of nitrogens with one attached hydrogen (secondary N) is 1. The summed E-state index contributed by atoms with van der Waals surface area (Å²) in [4.78, 5) is 21.1. The summed E-state index contributed by atoms with van der Waals surface area (Å²) < 4.78 is 0. The van der Waals surface area contributed by atoms with E-state index in [0.29, 0.717) is 0 Å². The molecular weight excluding hydrogens is 260 g/mol. The van der Waals surface area contributed by atoms with Crippen LogP contribution in [0.1, 0.15) is 11.6 Å². The monoisotopic (exact) mass is 270 g/mol. The number of aliphatic carboxylic acids is 1. The Bertz CT molecular complexity index is 490. The zero-order chi connectivity index (χ0) is 13.7. The topological polar surface area (TPSA) is 92.5 Å². The fourth-order valence-corrected chi connectivity index (χ4v) is 1.58. The molecule has 18 heavy (non-hydrogen) atoms. The van der Waals surface area contributed by atoms with E-state index in [4.69, 9.17) is 16.7 Å². The van der Waals surface area contributed by atoms with Crippen LogP contribution >= 0.6 is 11.6 Å². The lowest BCUT2D eigenvalue weighted by atomic mass is 10.1. The smallest absolute Gasteiger partial charge is 0.325 e. The molecule has 0 radical (unpaired) electrons. The van der Waals surface area contributed by atoms with Crippen LogP contribution in [-0.4, -0.2) is 22.5 Å². The number of carbonyl (C=O) groups is 1. The Morgan fingerprint density at radius 3 is 2.83 bits per heavy atom. The minimum absolute atomic E-state index is 0.0309. The lowest BCUT2D eigenvalue weighted by molar-refractivity contribution is -0.384. The van der Waals surface area contributed by atoms with Crippen molar-refractivity contribution in [1.29, 1.82) is 0 Å². The Morgan fingerprint density at radius 1 is 1.67 bits per heavy atom. The molecule has 7 heteroatoms. The Labute approximate surface area is 108 Å². The molecule has 0 bridgehead atoms. The first-order valence-corrected chi connectivity index (χ1v) is 5.36. The number of nitro groups is 1. The molecule has 0 saturated heterocycles. The highest BCUT2D eigenvalue weighted by atomic mass is 35.5. The van der Waals surface area contributed by atoms with Crippen LogP contribution in [0, 0.1) is 10.1 Å². The fraction of sp³-hybridized carbons (Fsp3) is 0.182. The molecule has 0 aliphatic heterocycles. The summed E-state index contributed by atoms with van der Waals surface area (Å²) in [5.41, 5.74) is -0.0544. The molecule has 0 aliphatic rings. The van der Waals surface area contributed by atoms with E-state index in [-0.39, 0.29) is 22.8 Å². The van der Waals surface area contributed by atoms with Gasteiger partial charge in [0.2, 0.25) is 0 Å². The molecule has 1 rings (SSSR count). The minimum Gasteiger partial charge on any atom is -0.480 e. The molecular formula is C11H11ClN2O4. The number of nitrogens with zero attached hydrogens (tertiary/aromatic N) is 1. The summed E-state index contributed by atoms with van der Waals surface area (Å²) in [5.74, 6) is -1.13. The number of rotatable bonds is 6. The van der Waals surface area contributed by atoms with Crippen LogP contribution in [0.15, 0.2) is 30.9 Å². The van der Waals surface area contributed by atoms with Crippen molar-refractivity contribution in [3.8, 4) is 0 Å². The maximum Gasteiger partial charge on any atom is 0.325 e. The molecule has 0 spiro atoms. The molecule has 0 aliphatic carbocycles. The van der Waals surface area contributed by atoms with Gasteiger partial charge in [-0.05, 0) is 11.6 Å². The molecule has 1 unspecified atom stereocenters. The first kappa shape index (κ1) is 14.1. The van der Waals surface area contributed by atoms with Crippen LogP contribution in [0.5, 0.6) is 0 Å². The zero-order valence-electron chi connectivity index (χ0n) is 9.30. The summed E-state index contributed by atoms with van der Waals surface area (Å²) in [5, 5.41) is 22.4. The van der Waals surface area contributed by atoms with Crippen molar-refractivity contribution < 1.29 is 14.8 Å². The second-order valence-electron chi connectivity index (χ2n) is 3.44. The third-order valence-electron chi connectivity index (χ3n) is 2.21. The number of nitro benzene ring substituents is 1. The summed E-state index contributed by atoms with van der Waals surface area (Å²) in [6, 6.07) is 2.85. The van der Waals surface area contributed by atoms with E-state index in [0.717, 1.165) is 6.07 Å². The molecule has 0 saturated carbocycles. The van der Waals surface area contributed by atoms with Gasteiger partial charge in [0, 0.05) is 12.6 Å². The number of benzene rings is 1. The Morgan fingerprint density at radius 2 is 2.33 bits per heavy atom. The largest absolute Gasteiger partial charge is 0.480 e. The van der Waals surface area contributed by atoms with Gasteiger partial charge in [0.1, 0.15) is 11.1 Å². The van der Waals surface area contributed by atoms with Crippen molar-refractivity contribution >= 4 is 23.3 Å². The van der Waals surface area contributed by atoms with Crippen molar-refractivity contribution in [3.05, 3.63) is 51.6 Å². The van der Waals surface area contributed by atoms with Crippen molar-refractivity contribution in [2.24, 2.45) is 0 Å². The van der Waals surface area contributed by atoms with Gasteiger partial charge in [0.25, 0.3) is 5.69 Å². The SMILES string of the molecule is C=CCNC(C(=O)O)c1ccc(Cl)c([N+](=O)[O-])c1. The van der Waals surface area contributed by atoms with E-state index in [1.807, 2.05) is 0 Å². The molecule has 0 heterocycles. The molecule has 1 aromatic rings. The fourth-order valence-electron chi connectivity index (χ4n) is 1.40. The van der Waals surface area contributed by atoms with Crippen LogP contribution in [0.25, 0.3) is 0 Å². The Kier molecular flexibility index (Phi) is 4.82. The Hall–Kier alpha value is -1.92. The van der Waals surface area contributed by atoms with Gasteiger partial charge in [-0.1, -0.05) is 23.7 Å². The van der Waals surface area contributed by atoms with Crippen LogP contribution in [0.2, 0.25) is 5.02 Å². The quantitative estimate of drug-likeness (QED) is 0.469. The highest BCUT2D eigenvalue weighted by Crippen LogP contribution is 2.27. The highest BCUT2D eigenvalue weighted by Gasteiger charge is 2.22. The summed E-state index contributed by atoms with van der Waals surface area (Å²) in [7, 11) is 0. The number of carboxylic acids is 1. The number of carboxylic acid groups (broad SMARTS) is 1.